The Morgan fingerprint density at radius 1 is 1.07 bits per heavy atom. The zero-order valence-electron chi connectivity index (χ0n) is 22.2. The van der Waals surface area contributed by atoms with Crippen LogP contribution in [0.2, 0.25) is 0 Å². The first-order valence-electron chi connectivity index (χ1n) is 12.7. The van der Waals surface area contributed by atoms with Gasteiger partial charge in [0, 0.05) is 42.5 Å². The number of carboxylic acid groups (broad SMARTS) is 1. The average molecular weight is 561 g/mol. The number of carbonyl (C=O) groups excluding carboxylic acids is 3. The molecule has 1 aliphatic rings. The van der Waals surface area contributed by atoms with Crippen LogP contribution in [0.1, 0.15) is 70.1 Å². The van der Waals surface area contributed by atoms with E-state index < -0.39 is 42.2 Å². The van der Waals surface area contributed by atoms with E-state index in [1.165, 1.54) is 12.1 Å². The fraction of sp³-hybridized carbons (Fsp3) is 0.357. The van der Waals surface area contributed by atoms with Gasteiger partial charge in [0.15, 0.2) is 0 Å². The Kier molecular flexibility index (Phi) is 11.0. The van der Waals surface area contributed by atoms with Crippen molar-refractivity contribution in [3.8, 4) is 11.4 Å². The summed E-state index contributed by atoms with van der Waals surface area (Å²) in [6, 6.07) is 12.3. The van der Waals surface area contributed by atoms with Crippen LogP contribution in [0.5, 0.6) is 0 Å². The summed E-state index contributed by atoms with van der Waals surface area (Å²) in [6.45, 7) is 0.433. The molecule has 1 aliphatic carbocycles. The summed E-state index contributed by atoms with van der Waals surface area (Å²) >= 11 is 0. The molecule has 1 fully saturated rings. The number of aliphatic hydroxyl groups is 2. The molecule has 5 N–H and O–H groups in total. The summed E-state index contributed by atoms with van der Waals surface area (Å²) < 4.78 is 15.5. The van der Waals surface area contributed by atoms with Gasteiger partial charge in [-0.3, -0.25) is 9.59 Å². The van der Waals surface area contributed by atoms with Crippen molar-refractivity contribution in [2.24, 2.45) is 5.73 Å². The number of carboxylic acids is 1. The molecule has 1 saturated carbocycles. The normalized spacial score (nSPS) is 14.2. The number of rotatable bonds is 13. The predicted octanol–water partition coefficient (Wildman–Crippen LogP) is -1.76. The molecule has 1 heterocycles. The summed E-state index contributed by atoms with van der Waals surface area (Å²) in [6.07, 6.45) is -1.09. The van der Waals surface area contributed by atoms with Crippen LogP contribution < -0.4 is 45.7 Å². The van der Waals surface area contributed by atoms with E-state index in [-0.39, 0.29) is 67.1 Å². The van der Waals surface area contributed by atoms with Crippen molar-refractivity contribution in [1.82, 2.24) is 14.9 Å². The number of imidazole rings is 1. The van der Waals surface area contributed by atoms with E-state index in [9.17, 15) is 34.1 Å². The number of nitrogens with two attached hydrogens (primary N) is 1. The molecule has 3 aromatic rings. The van der Waals surface area contributed by atoms with E-state index in [1.54, 1.807) is 36.4 Å². The third-order valence-corrected chi connectivity index (χ3v) is 6.61. The Bertz CT molecular complexity index is 1340. The van der Waals surface area contributed by atoms with E-state index in [2.05, 4.69) is 10.3 Å². The zero-order valence-corrected chi connectivity index (χ0v) is 24.2. The summed E-state index contributed by atoms with van der Waals surface area (Å²) in [4.78, 5) is 40.0. The molecule has 40 heavy (non-hydrogen) atoms. The number of primary amides is 1. The van der Waals surface area contributed by atoms with Gasteiger partial charge in [0.1, 0.15) is 17.3 Å². The van der Waals surface area contributed by atoms with Gasteiger partial charge in [-0.1, -0.05) is 12.1 Å². The Balaban J connectivity index is 0.00000441. The monoisotopic (exact) mass is 560 g/mol. The van der Waals surface area contributed by atoms with Crippen molar-refractivity contribution >= 4 is 17.8 Å². The fourth-order valence-corrected chi connectivity index (χ4v) is 4.49. The standard InChI is InChI=1S/C28H31FN4O6.Na/c29-20-9-7-19(8-10-20)27-32-24(28(39)31-15-16-1-3-18(4-2-16)26(30)38)25(17-5-6-17)33(27)12-11-21(34)13-22(35)14-23(36)37;/h1-4,7-10,17,21-22,34-35H,5-6,11-15H2,(H2,30,38)(H,31,39)(H,36,37);/q;+1/p-1/t21-,22-;/m1./s1. The van der Waals surface area contributed by atoms with Gasteiger partial charge in [0.25, 0.3) is 5.91 Å². The maximum absolute atomic E-state index is 13.6. The number of hydrogen-bond donors (Lipinski definition) is 4. The molecule has 0 spiro atoms. The number of nitrogens with one attached hydrogen (secondary N) is 1. The number of benzene rings is 2. The quantitative estimate of drug-likeness (QED) is 0.180. The first kappa shape index (κ1) is 31.4. The van der Waals surface area contributed by atoms with E-state index >= 15 is 0 Å². The Hall–Kier alpha value is -3.09. The predicted molar refractivity (Wildman–Crippen MR) is 137 cm³/mol. The molecule has 0 radical (unpaired) electrons. The van der Waals surface area contributed by atoms with Gasteiger partial charge in [0.05, 0.1) is 17.9 Å². The van der Waals surface area contributed by atoms with Crippen molar-refractivity contribution < 1.29 is 63.7 Å². The van der Waals surface area contributed by atoms with Crippen molar-refractivity contribution in [2.45, 2.75) is 63.3 Å². The number of hydrogen-bond acceptors (Lipinski definition) is 7. The third kappa shape index (κ3) is 8.21. The third-order valence-electron chi connectivity index (χ3n) is 6.61. The van der Waals surface area contributed by atoms with Crippen molar-refractivity contribution in [3.05, 3.63) is 76.9 Å². The SMILES string of the molecule is NC(=O)c1ccc(CNC(=O)c2nc(-c3ccc(F)cc3)n(CC[C@@H](O)C[C@@H](O)CC(=O)[O-])c2C2CC2)cc1.[Na+]. The van der Waals surface area contributed by atoms with Gasteiger partial charge in [-0.05, 0) is 67.6 Å². The second-order valence-electron chi connectivity index (χ2n) is 9.75. The van der Waals surface area contributed by atoms with Crippen LogP contribution in [-0.4, -0.2) is 49.8 Å². The molecule has 12 heteroatoms. The minimum atomic E-state index is -1.40. The van der Waals surface area contributed by atoms with Crippen LogP contribution in [-0.2, 0) is 17.9 Å². The van der Waals surface area contributed by atoms with E-state index in [4.69, 9.17) is 5.73 Å². The number of aliphatic hydroxyl groups excluding tert-OH is 2. The number of aliphatic carboxylic acids is 1. The average Bonchev–Trinajstić information content (AvgIpc) is 3.66. The van der Waals surface area contributed by atoms with Crippen LogP contribution >= 0.6 is 0 Å². The van der Waals surface area contributed by atoms with E-state index in [0.29, 0.717) is 22.6 Å². The molecule has 0 aliphatic heterocycles. The van der Waals surface area contributed by atoms with Crippen LogP contribution in [0.4, 0.5) is 4.39 Å². The van der Waals surface area contributed by atoms with Gasteiger partial charge in [-0.25, -0.2) is 9.37 Å². The first-order valence-corrected chi connectivity index (χ1v) is 12.7. The molecule has 2 amide bonds. The molecule has 0 bridgehead atoms. The molecule has 10 nitrogen and oxygen atoms in total. The molecule has 4 rings (SSSR count). The number of amides is 2. The molecule has 2 atom stereocenters. The first-order chi connectivity index (χ1) is 18.6. The molecule has 0 saturated heterocycles. The van der Waals surface area contributed by atoms with Gasteiger partial charge in [0.2, 0.25) is 5.91 Å². The van der Waals surface area contributed by atoms with Crippen molar-refractivity contribution in [2.75, 3.05) is 0 Å². The fourth-order valence-electron chi connectivity index (χ4n) is 4.49. The van der Waals surface area contributed by atoms with E-state index in [0.717, 1.165) is 18.4 Å². The smallest absolute Gasteiger partial charge is 0.550 e. The number of carbonyl (C=O) groups is 3. The van der Waals surface area contributed by atoms with Crippen LogP contribution in [0.15, 0.2) is 48.5 Å². The molecule has 0 unspecified atom stereocenters. The van der Waals surface area contributed by atoms with E-state index in [1.807, 2.05) is 4.57 Å². The second kappa shape index (κ2) is 14.0. The minimum Gasteiger partial charge on any atom is -0.550 e. The van der Waals surface area contributed by atoms with Crippen LogP contribution in [0.25, 0.3) is 11.4 Å². The molecule has 206 valence electrons. The Morgan fingerprint density at radius 2 is 1.73 bits per heavy atom. The van der Waals surface area contributed by atoms with Gasteiger partial charge in [-0.15, -0.1) is 0 Å². The van der Waals surface area contributed by atoms with Crippen molar-refractivity contribution in [3.63, 3.8) is 0 Å². The topological polar surface area (TPSA) is 171 Å². The van der Waals surface area contributed by atoms with Gasteiger partial charge < -0.3 is 35.7 Å². The maximum Gasteiger partial charge on any atom is 1.00 e. The number of halogens is 1. The van der Waals surface area contributed by atoms with Crippen LogP contribution in [0.3, 0.4) is 0 Å². The summed E-state index contributed by atoms with van der Waals surface area (Å²) in [5.41, 5.74) is 7.93. The largest absolute Gasteiger partial charge is 1.00 e. The van der Waals surface area contributed by atoms with Crippen LogP contribution in [0, 0.1) is 5.82 Å². The maximum atomic E-state index is 13.6. The number of aromatic nitrogens is 2. The van der Waals surface area contributed by atoms with Crippen molar-refractivity contribution in [1.29, 1.82) is 0 Å². The molecule has 1 aromatic heterocycles. The summed E-state index contributed by atoms with van der Waals surface area (Å²) in [5, 5.41) is 33.9. The van der Waals surface area contributed by atoms with Gasteiger partial charge >= 0.3 is 29.6 Å². The Labute approximate surface area is 252 Å². The summed E-state index contributed by atoms with van der Waals surface area (Å²) in [7, 11) is 0. The molecular weight excluding hydrogens is 530 g/mol. The molecule has 2 aromatic carbocycles. The van der Waals surface area contributed by atoms with Gasteiger partial charge in [-0.2, -0.15) is 0 Å². The molecular formula is C28H30FN4NaO6. The zero-order chi connectivity index (χ0) is 28.1. The Morgan fingerprint density at radius 3 is 2.30 bits per heavy atom. The summed E-state index contributed by atoms with van der Waals surface area (Å²) in [5.74, 6) is -2.24. The number of nitrogens with zero attached hydrogens (tertiary/aromatic N) is 2. The minimum absolute atomic E-state index is 0. The second-order valence-corrected chi connectivity index (χ2v) is 9.75.